The zero-order valence-corrected chi connectivity index (χ0v) is 17.3. The van der Waals surface area contributed by atoms with Crippen LogP contribution in [0.15, 0.2) is 53.7 Å². The molecule has 0 bridgehead atoms. The van der Waals surface area contributed by atoms with Crippen LogP contribution in [0, 0.1) is 18.3 Å². The number of fused-ring (bicyclic) bond motifs is 1. The maximum Gasteiger partial charge on any atom is 0.105 e. The molecule has 1 aromatic carbocycles. The minimum atomic E-state index is 0.361. The van der Waals surface area contributed by atoms with E-state index >= 15 is 0 Å². The second kappa shape index (κ2) is 10.5. The van der Waals surface area contributed by atoms with Crippen molar-refractivity contribution in [1.29, 1.82) is 0 Å². The quantitative estimate of drug-likeness (QED) is 0.305. The summed E-state index contributed by atoms with van der Waals surface area (Å²) < 4.78 is 0. The second-order valence-electron chi connectivity index (χ2n) is 7.11. The highest BCUT2D eigenvalue weighted by atomic mass is 14.8. The minimum Gasteiger partial charge on any atom is -0.396 e. The number of aromatic nitrogens is 1. The monoisotopic (exact) mass is 373 g/mol. The molecule has 1 unspecified atom stereocenters. The van der Waals surface area contributed by atoms with Crippen molar-refractivity contribution in [3.63, 3.8) is 0 Å². The third-order valence-electron chi connectivity index (χ3n) is 5.19. The van der Waals surface area contributed by atoms with Crippen molar-refractivity contribution in [2.24, 2.45) is 10.9 Å². The number of hydrogen-bond donors (Lipinski definition) is 1. The number of nitrogen functional groups attached to an aromatic ring is 1. The number of benzene rings is 1. The molecule has 0 aliphatic carbocycles. The van der Waals surface area contributed by atoms with Gasteiger partial charge in [-0.15, -0.1) is 13.0 Å². The molecule has 0 aliphatic rings. The van der Waals surface area contributed by atoms with Crippen molar-refractivity contribution in [1.82, 2.24) is 4.98 Å². The van der Waals surface area contributed by atoms with Gasteiger partial charge in [0.2, 0.25) is 0 Å². The van der Waals surface area contributed by atoms with Crippen LogP contribution in [0.1, 0.15) is 58.4 Å². The van der Waals surface area contributed by atoms with Crippen LogP contribution in [0.25, 0.3) is 10.9 Å². The minimum absolute atomic E-state index is 0.361. The lowest BCUT2D eigenvalue weighted by atomic mass is 9.92. The van der Waals surface area contributed by atoms with Crippen LogP contribution in [0.2, 0.25) is 0 Å². The molecule has 0 spiro atoms. The van der Waals surface area contributed by atoms with Crippen LogP contribution >= 0.6 is 0 Å². The highest BCUT2D eigenvalue weighted by molar-refractivity contribution is 5.98. The summed E-state index contributed by atoms with van der Waals surface area (Å²) in [5.74, 6) is 3.02. The van der Waals surface area contributed by atoms with E-state index in [4.69, 9.17) is 17.1 Å². The standard InChI is InChI=1S/C25H31N3/c1-6-11-20(9-4)22(13-10-12-18(5)7-2)28-24-17-27-23-15-14-19(8-3)16-21(23)25(24)26/h3,6,12,14-17,20H,1,7,9-11,13H2,2,4-5H3,(H2,26,27)/b18-12-,28-22?. The average Bonchev–Trinajstić information content (AvgIpc) is 2.72. The molecular weight excluding hydrogens is 342 g/mol. The maximum absolute atomic E-state index is 6.46. The Morgan fingerprint density at radius 2 is 2.18 bits per heavy atom. The van der Waals surface area contributed by atoms with E-state index in [1.807, 2.05) is 24.3 Å². The maximum atomic E-state index is 6.46. The number of allylic oxidation sites excluding steroid dienone is 3. The topological polar surface area (TPSA) is 51.3 Å². The van der Waals surface area contributed by atoms with Gasteiger partial charge in [-0.1, -0.05) is 37.5 Å². The molecule has 0 aliphatic heterocycles. The smallest absolute Gasteiger partial charge is 0.105 e. The van der Waals surface area contributed by atoms with Crippen molar-refractivity contribution in [2.45, 2.75) is 52.9 Å². The summed E-state index contributed by atoms with van der Waals surface area (Å²) >= 11 is 0. The summed E-state index contributed by atoms with van der Waals surface area (Å²) in [6.45, 7) is 10.5. The molecule has 2 rings (SSSR count). The molecule has 0 fully saturated rings. The fraction of sp³-hybridized carbons (Fsp3) is 0.360. The molecule has 1 aromatic heterocycles. The molecule has 0 amide bonds. The molecule has 0 saturated carbocycles. The molecule has 1 heterocycles. The summed E-state index contributed by atoms with van der Waals surface area (Å²) in [6, 6.07) is 5.69. The van der Waals surface area contributed by atoms with Crippen molar-refractivity contribution in [2.75, 3.05) is 5.73 Å². The molecule has 2 aromatic rings. The normalized spacial score (nSPS) is 13.4. The highest BCUT2D eigenvalue weighted by Gasteiger charge is 2.14. The molecule has 146 valence electrons. The van der Waals surface area contributed by atoms with Crippen LogP contribution in [0.4, 0.5) is 11.4 Å². The lowest BCUT2D eigenvalue weighted by Crippen LogP contribution is -2.13. The SMILES string of the molecule is C#Cc1ccc2ncc(N=C(CC/C=C(/C)CC)C(CC)CC=C)c(N)c2c1. The Morgan fingerprint density at radius 1 is 1.39 bits per heavy atom. The molecule has 1 atom stereocenters. The Kier molecular flexibility index (Phi) is 8.02. The molecule has 3 heteroatoms. The number of nitrogens with zero attached hydrogens (tertiary/aromatic N) is 2. The van der Waals surface area contributed by atoms with Gasteiger partial charge in [-0.25, -0.2) is 0 Å². The van der Waals surface area contributed by atoms with Gasteiger partial charge in [0, 0.05) is 22.6 Å². The number of rotatable bonds is 9. The van der Waals surface area contributed by atoms with Crippen LogP contribution in [0.3, 0.4) is 0 Å². The largest absolute Gasteiger partial charge is 0.396 e. The lowest BCUT2D eigenvalue weighted by Gasteiger charge is -2.17. The number of aliphatic imine (C=N–C) groups is 1. The van der Waals surface area contributed by atoms with E-state index in [-0.39, 0.29) is 0 Å². The van der Waals surface area contributed by atoms with E-state index in [9.17, 15) is 0 Å². The summed E-state index contributed by atoms with van der Waals surface area (Å²) in [5, 5.41) is 0.856. The van der Waals surface area contributed by atoms with Crippen molar-refractivity contribution in [3.8, 4) is 12.3 Å². The first-order valence-electron chi connectivity index (χ1n) is 10.0. The zero-order chi connectivity index (χ0) is 20.5. The predicted molar refractivity (Wildman–Crippen MR) is 123 cm³/mol. The van der Waals surface area contributed by atoms with Crippen LogP contribution in [0.5, 0.6) is 0 Å². The van der Waals surface area contributed by atoms with Gasteiger partial charge in [0.05, 0.1) is 17.4 Å². The fourth-order valence-electron chi connectivity index (χ4n) is 3.24. The summed E-state index contributed by atoms with van der Waals surface area (Å²) in [4.78, 5) is 9.51. The van der Waals surface area contributed by atoms with Gasteiger partial charge in [0.15, 0.2) is 0 Å². The third kappa shape index (κ3) is 5.33. The van der Waals surface area contributed by atoms with Gasteiger partial charge < -0.3 is 5.73 Å². The van der Waals surface area contributed by atoms with E-state index in [0.29, 0.717) is 11.6 Å². The number of nitrogens with two attached hydrogens (primary N) is 1. The van der Waals surface area contributed by atoms with Crippen molar-refractivity contribution in [3.05, 3.63) is 54.3 Å². The zero-order valence-electron chi connectivity index (χ0n) is 17.3. The van der Waals surface area contributed by atoms with Crippen LogP contribution in [-0.4, -0.2) is 10.7 Å². The Labute approximate surface area is 169 Å². The van der Waals surface area contributed by atoms with Gasteiger partial charge in [0.25, 0.3) is 0 Å². The van der Waals surface area contributed by atoms with Crippen LogP contribution in [-0.2, 0) is 0 Å². The van der Waals surface area contributed by atoms with Gasteiger partial charge in [-0.3, -0.25) is 9.98 Å². The molecule has 28 heavy (non-hydrogen) atoms. The fourth-order valence-corrected chi connectivity index (χ4v) is 3.24. The van der Waals surface area contributed by atoms with Crippen molar-refractivity contribution < 1.29 is 0 Å². The molecule has 2 N–H and O–H groups in total. The number of pyridine rings is 1. The van der Waals surface area contributed by atoms with Crippen LogP contribution < -0.4 is 5.73 Å². The van der Waals surface area contributed by atoms with Gasteiger partial charge in [-0.2, -0.15) is 0 Å². The Hall–Kier alpha value is -2.86. The molecule has 0 radical (unpaired) electrons. The Bertz CT molecular complexity index is 929. The number of terminal acetylenes is 1. The van der Waals surface area contributed by atoms with Gasteiger partial charge >= 0.3 is 0 Å². The number of hydrogen-bond acceptors (Lipinski definition) is 3. The number of anilines is 1. The first kappa shape index (κ1) is 21.4. The van der Waals surface area contributed by atoms with Crippen molar-refractivity contribution >= 4 is 28.0 Å². The van der Waals surface area contributed by atoms with Gasteiger partial charge in [-0.05, 0) is 57.2 Å². The third-order valence-corrected chi connectivity index (χ3v) is 5.19. The summed E-state index contributed by atoms with van der Waals surface area (Å²) in [5.41, 5.74) is 12.0. The van der Waals surface area contributed by atoms with E-state index in [1.165, 1.54) is 5.57 Å². The molecular formula is C25H31N3. The Balaban J connectivity index is 2.47. The predicted octanol–water partition coefficient (Wildman–Crippen LogP) is 6.61. The second-order valence-corrected chi connectivity index (χ2v) is 7.11. The lowest BCUT2D eigenvalue weighted by molar-refractivity contribution is 0.662. The van der Waals surface area contributed by atoms with E-state index in [2.05, 4.69) is 44.3 Å². The van der Waals surface area contributed by atoms with E-state index in [0.717, 1.165) is 60.0 Å². The molecule has 0 saturated heterocycles. The first-order chi connectivity index (χ1) is 13.5. The summed E-state index contributed by atoms with van der Waals surface area (Å²) in [6.07, 6.45) is 16.5. The average molecular weight is 374 g/mol. The van der Waals surface area contributed by atoms with Gasteiger partial charge in [0.1, 0.15) is 5.69 Å². The first-order valence-corrected chi connectivity index (χ1v) is 10.0. The Morgan fingerprint density at radius 3 is 2.82 bits per heavy atom. The molecule has 3 nitrogen and oxygen atoms in total. The van der Waals surface area contributed by atoms with E-state index < -0.39 is 0 Å². The summed E-state index contributed by atoms with van der Waals surface area (Å²) in [7, 11) is 0. The highest BCUT2D eigenvalue weighted by Crippen LogP contribution is 2.31. The van der Waals surface area contributed by atoms with E-state index in [1.54, 1.807) is 6.20 Å².